The first kappa shape index (κ1) is 12.2. The average molecular weight is 318 g/mol. The van der Waals surface area contributed by atoms with Crippen LogP contribution in [0.15, 0.2) is 18.2 Å². The molecule has 1 N–H and O–H groups in total. The van der Waals surface area contributed by atoms with E-state index in [-0.39, 0.29) is 6.42 Å². The van der Waals surface area contributed by atoms with Gasteiger partial charge in [0, 0.05) is 9.99 Å². The Kier molecular flexibility index (Phi) is 4.74. The van der Waals surface area contributed by atoms with Gasteiger partial charge in [-0.25, -0.2) is 0 Å². The van der Waals surface area contributed by atoms with Crippen LogP contribution in [0, 0.1) is 3.57 Å². The summed E-state index contributed by atoms with van der Waals surface area (Å²) in [6.07, 6.45) is 1.93. The Labute approximate surface area is 102 Å². The van der Waals surface area contributed by atoms with Gasteiger partial charge in [-0.05, 0) is 46.2 Å². The molecule has 0 unspecified atom stereocenters. The quantitative estimate of drug-likeness (QED) is 0.668. The predicted molar refractivity (Wildman–Crippen MR) is 64.9 cm³/mol. The molecule has 1 aromatic rings. The van der Waals surface area contributed by atoms with Crippen molar-refractivity contribution < 1.29 is 14.7 Å². The molecule has 0 aliphatic heterocycles. The first-order valence-corrected chi connectivity index (χ1v) is 5.64. The minimum Gasteiger partial charge on any atom is -0.481 e. The lowest BCUT2D eigenvalue weighted by Crippen LogP contribution is -2.05. The molecule has 0 aliphatic rings. The lowest BCUT2D eigenvalue weighted by Gasteiger charge is -2.08. The van der Waals surface area contributed by atoms with Gasteiger partial charge in [-0.15, -0.1) is 0 Å². The lowest BCUT2D eigenvalue weighted by atomic mass is 10.0. The second kappa shape index (κ2) is 5.85. The molecule has 0 aliphatic carbocycles. The number of carbonyl (C=O) groups excluding carboxylic acids is 1. The standard InChI is InChI=1S/C11H11IO3/c12-10-5-1-3-8(7-11(14)15)9(10)4-2-6-13/h1,3,5-6H,2,4,7H2,(H,14,15). The van der Waals surface area contributed by atoms with E-state index in [2.05, 4.69) is 22.6 Å². The third-order valence-electron chi connectivity index (χ3n) is 2.07. The number of aliphatic carboxylic acids is 1. The Hall–Kier alpha value is -0.910. The summed E-state index contributed by atoms with van der Waals surface area (Å²) in [5.74, 6) is -0.843. The van der Waals surface area contributed by atoms with Crippen LogP contribution in [0.4, 0.5) is 0 Å². The average Bonchev–Trinajstić information content (AvgIpc) is 2.16. The van der Waals surface area contributed by atoms with Crippen molar-refractivity contribution in [2.24, 2.45) is 0 Å². The molecule has 4 heteroatoms. The van der Waals surface area contributed by atoms with E-state index < -0.39 is 5.97 Å². The van der Waals surface area contributed by atoms with E-state index in [4.69, 9.17) is 5.11 Å². The number of hydrogen-bond acceptors (Lipinski definition) is 2. The Balaban J connectivity index is 2.96. The SMILES string of the molecule is O=CCCc1c(I)cccc1CC(=O)O. The molecular formula is C11H11IO3. The van der Waals surface area contributed by atoms with Crippen molar-refractivity contribution >= 4 is 34.8 Å². The zero-order chi connectivity index (χ0) is 11.3. The lowest BCUT2D eigenvalue weighted by molar-refractivity contribution is -0.136. The van der Waals surface area contributed by atoms with Gasteiger partial charge in [-0.2, -0.15) is 0 Å². The first-order chi connectivity index (χ1) is 7.15. The summed E-state index contributed by atoms with van der Waals surface area (Å²) in [7, 11) is 0. The highest BCUT2D eigenvalue weighted by Gasteiger charge is 2.09. The van der Waals surface area contributed by atoms with Crippen molar-refractivity contribution in [1.82, 2.24) is 0 Å². The van der Waals surface area contributed by atoms with Crippen LogP contribution in [0.25, 0.3) is 0 Å². The third-order valence-corrected chi connectivity index (χ3v) is 3.08. The zero-order valence-corrected chi connectivity index (χ0v) is 10.2. The summed E-state index contributed by atoms with van der Waals surface area (Å²) in [6.45, 7) is 0. The molecule has 0 amide bonds. The van der Waals surface area contributed by atoms with Crippen LogP contribution in [0.5, 0.6) is 0 Å². The normalized spacial score (nSPS) is 9.93. The van der Waals surface area contributed by atoms with Crippen molar-refractivity contribution in [2.75, 3.05) is 0 Å². The molecule has 80 valence electrons. The van der Waals surface area contributed by atoms with Crippen LogP contribution >= 0.6 is 22.6 Å². The molecule has 3 nitrogen and oxygen atoms in total. The molecule has 0 spiro atoms. The van der Waals surface area contributed by atoms with Gasteiger partial charge < -0.3 is 9.90 Å². The summed E-state index contributed by atoms with van der Waals surface area (Å²) < 4.78 is 1.02. The molecule has 0 heterocycles. The molecule has 0 fully saturated rings. The van der Waals surface area contributed by atoms with Crippen LogP contribution in [0.2, 0.25) is 0 Å². The van der Waals surface area contributed by atoms with E-state index in [1.165, 1.54) is 0 Å². The zero-order valence-electron chi connectivity index (χ0n) is 8.07. The van der Waals surface area contributed by atoms with Gasteiger partial charge in [0.2, 0.25) is 0 Å². The van der Waals surface area contributed by atoms with Gasteiger partial charge >= 0.3 is 5.97 Å². The highest BCUT2D eigenvalue weighted by Crippen LogP contribution is 2.19. The van der Waals surface area contributed by atoms with Crippen LogP contribution in [0.1, 0.15) is 17.5 Å². The van der Waals surface area contributed by atoms with E-state index in [9.17, 15) is 9.59 Å². The van der Waals surface area contributed by atoms with Crippen molar-refractivity contribution in [3.8, 4) is 0 Å². The summed E-state index contributed by atoms with van der Waals surface area (Å²) in [5, 5.41) is 8.74. The van der Waals surface area contributed by atoms with E-state index in [0.29, 0.717) is 12.8 Å². The van der Waals surface area contributed by atoms with E-state index in [1.807, 2.05) is 12.1 Å². The first-order valence-electron chi connectivity index (χ1n) is 4.57. The molecule has 0 saturated carbocycles. The Morgan fingerprint density at radius 2 is 2.20 bits per heavy atom. The van der Waals surface area contributed by atoms with Crippen molar-refractivity contribution in [1.29, 1.82) is 0 Å². The summed E-state index contributed by atoms with van der Waals surface area (Å²) in [5.41, 5.74) is 1.78. The minimum atomic E-state index is -0.843. The highest BCUT2D eigenvalue weighted by atomic mass is 127. The number of halogens is 1. The molecule has 1 rings (SSSR count). The number of aldehydes is 1. The molecule has 15 heavy (non-hydrogen) atoms. The highest BCUT2D eigenvalue weighted by molar-refractivity contribution is 14.1. The minimum absolute atomic E-state index is 0.0189. The fraction of sp³-hybridized carbons (Fsp3) is 0.273. The second-order valence-corrected chi connectivity index (χ2v) is 4.32. The van der Waals surface area contributed by atoms with Gasteiger partial charge in [0.1, 0.15) is 6.29 Å². The van der Waals surface area contributed by atoms with E-state index in [0.717, 1.165) is 21.0 Å². The number of hydrogen-bond donors (Lipinski definition) is 1. The number of carboxylic acids is 1. The van der Waals surface area contributed by atoms with E-state index >= 15 is 0 Å². The van der Waals surface area contributed by atoms with Crippen LogP contribution in [0.3, 0.4) is 0 Å². The predicted octanol–water partition coefficient (Wildman–Crippen LogP) is 2.05. The Morgan fingerprint density at radius 3 is 2.80 bits per heavy atom. The Morgan fingerprint density at radius 1 is 1.47 bits per heavy atom. The van der Waals surface area contributed by atoms with Gasteiger partial charge in [0.15, 0.2) is 0 Å². The van der Waals surface area contributed by atoms with Crippen LogP contribution < -0.4 is 0 Å². The van der Waals surface area contributed by atoms with Gasteiger partial charge in [-0.3, -0.25) is 4.79 Å². The maximum Gasteiger partial charge on any atom is 0.307 e. The van der Waals surface area contributed by atoms with Gasteiger partial charge in [0.05, 0.1) is 6.42 Å². The molecule has 0 atom stereocenters. The van der Waals surface area contributed by atoms with Crippen molar-refractivity contribution in [2.45, 2.75) is 19.3 Å². The third kappa shape index (κ3) is 3.62. The number of rotatable bonds is 5. The summed E-state index contributed by atoms with van der Waals surface area (Å²) in [4.78, 5) is 20.9. The fourth-order valence-corrected chi connectivity index (χ4v) is 2.24. The summed E-state index contributed by atoms with van der Waals surface area (Å²) >= 11 is 2.16. The second-order valence-electron chi connectivity index (χ2n) is 3.15. The Bertz CT molecular complexity index is 374. The van der Waals surface area contributed by atoms with E-state index in [1.54, 1.807) is 6.07 Å². The van der Waals surface area contributed by atoms with Crippen LogP contribution in [-0.4, -0.2) is 17.4 Å². The van der Waals surface area contributed by atoms with Crippen LogP contribution in [-0.2, 0) is 22.4 Å². The number of carboxylic acid groups (broad SMARTS) is 1. The molecule has 0 aromatic heterocycles. The number of benzene rings is 1. The number of carbonyl (C=O) groups is 2. The molecule has 1 aromatic carbocycles. The molecule has 0 radical (unpaired) electrons. The summed E-state index contributed by atoms with van der Waals surface area (Å²) in [6, 6.07) is 5.56. The topological polar surface area (TPSA) is 54.4 Å². The molecule has 0 saturated heterocycles. The molecule has 0 bridgehead atoms. The maximum absolute atomic E-state index is 10.6. The fourth-order valence-electron chi connectivity index (χ4n) is 1.42. The monoisotopic (exact) mass is 318 g/mol. The largest absolute Gasteiger partial charge is 0.481 e. The smallest absolute Gasteiger partial charge is 0.307 e. The van der Waals surface area contributed by atoms with Crippen molar-refractivity contribution in [3.05, 3.63) is 32.9 Å². The maximum atomic E-state index is 10.6. The van der Waals surface area contributed by atoms with Crippen molar-refractivity contribution in [3.63, 3.8) is 0 Å². The van der Waals surface area contributed by atoms with Gasteiger partial charge in [0.25, 0.3) is 0 Å². The van der Waals surface area contributed by atoms with Gasteiger partial charge in [-0.1, -0.05) is 12.1 Å². The molecular weight excluding hydrogens is 307 g/mol.